The number of hydrogen-bond acceptors (Lipinski definition) is 2. The average molecular weight is 445 g/mol. The molecule has 0 saturated heterocycles. The Labute approximate surface area is 198 Å². The van der Waals surface area contributed by atoms with Crippen LogP contribution in [-0.2, 0) is 0 Å². The molecule has 0 aromatic rings. The van der Waals surface area contributed by atoms with Gasteiger partial charge in [-0.15, -0.1) is 0 Å². The molecule has 0 spiro atoms. The zero-order valence-electron chi connectivity index (χ0n) is 22.4. The van der Waals surface area contributed by atoms with Gasteiger partial charge in [-0.25, -0.2) is 0 Å². The van der Waals surface area contributed by atoms with Gasteiger partial charge in [0, 0.05) is 0 Å². The third-order valence-corrected chi connectivity index (χ3v) is 12.0. The predicted molar refractivity (Wildman–Crippen MR) is 134 cm³/mol. The van der Waals surface area contributed by atoms with Crippen LogP contribution in [0.3, 0.4) is 0 Å². The molecule has 32 heavy (non-hydrogen) atoms. The van der Waals surface area contributed by atoms with Crippen LogP contribution in [0.5, 0.6) is 0 Å². The Morgan fingerprint density at radius 1 is 1.00 bits per heavy atom. The maximum Gasteiger partial charge on any atom is 0.0653 e. The Morgan fingerprint density at radius 3 is 2.34 bits per heavy atom. The minimum absolute atomic E-state index is 0.00123. The van der Waals surface area contributed by atoms with Gasteiger partial charge in [0.1, 0.15) is 0 Å². The maximum absolute atomic E-state index is 11.7. The van der Waals surface area contributed by atoms with Gasteiger partial charge in [-0.1, -0.05) is 73.0 Å². The SMILES string of the molecule is CC(C)CCC[C@](C)(O)[C@H]1CC[C@@]2(C)C3CCC4C(C)(C)[C@@H](O)CC[C@]4(C)C3=CC[C@]12C. The fourth-order valence-electron chi connectivity index (χ4n) is 9.75. The quantitative estimate of drug-likeness (QED) is 0.430. The Bertz CT molecular complexity index is 748. The van der Waals surface area contributed by atoms with Gasteiger partial charge >= 0.3 is 0 Å². The van der Waals surface area contributed by atoms with Gasteiger partial charge in [0.2, 0.25) is 0 Å². The van der Waals surface area contributed by atoms with E-state index in [1.807, 2.05) is 0 Å². The van der Waals surface area contributed by atoms with Gasteiger partial charge in [0.15, 0.2) is 0 Å². The monoisotopic (exact) mass is 444 g/mol. The summed E-state index contributed by atoms with van der Waals surface area (Å²) in [6.45, 7) is 19.0. The molecule has 2 unspecified atom stereocenters. The largest absolute Gasteiger partial charge is 0.393 e. The molecular weight excluding hydrogens is 392 g/mol. The molecule has 4 rings (SSSR count). The van der Waals surface area contributed by atoms with Crippen molar-refractivity contribution in [3.8, 4) is 0 Å². The molecular formula is C30H52O2. The molecule has 3 fully saturated rings. The van der Waals surface area contributed by atoms with Gasteiger partial charge in [-0.3, -0.25) is 0 Å². The van der Waals surface area contributed by atoms with E-state index in [1.54, 1.807) is 5.57 Å². The number of aliphatic hydroxyl groups excluding tert-OH is 1. The fraction of sp³-hybridized carbons (Fsp3) is 0.933. The number of hydrogen-bond donors (Lipinski definition) is 2. The fourth-order valence-corrected chi connectivity index (χ4v) is 9.75. The van der Waals surface area contributed by atoms with E-state index in [2.05, 4.69) is 61.5 Å². The van der Waals surface area contributed by atoms with Crippen LogP contribution in [0.15, 0.2) is 11.6 Å². The van der Waals surface area contributed by atoms with E-state index in [0.29, 0.717) is 23.7 Å². The zero-order valence-corrected chi connectivity index (χ0v) is 22.4. The molecule has 2 heteroatoms. The molecule has 0 aromatic carbocycles. The van der Waals surface area contributed by atoms with Crippen LogP contribution in [0.2, 0.25) is 0 Å². The highest BCUT2D eigenvalue weighted by molar-refractivity contribution is 5.33. The van der Waals surface area contributed by atoms with Crippen molar-refractivity contribution < 1.29 is 10.2 Å². The van der Waals surface area contributed by atoms with E-state index in [0.717, 1.165) is 32.1 Å². The summed E-state index contributed by atoms with van der Waals surface area (Å²) in [5.74, 6) is 2.32. The molecule has 4 aliphatic rings. The molecule has 0 aromatic heterocycles. The van der Waals surface area contributed by atoms with E-state index in [1.165, 1.54) is 32.1 Å². The molecule has 0 radical (unpaired) electrons. The highest BCUT2D eigenvalue weighted by atomic mass is 16.3. The van der Waals surface area contributed by atoms with E-state index in [4.69, 9.17) is 0 Å². The van der Waals surface area contributed by atoms with Crippen LogP contribution < -0.4 is 0 Å². The summed E-state index contributed by atoms with van der Waals surface area (Å²) in [6, 6.07) is 0. The van der Waals surface area contributed by atoms with Crippen molar-refractivity contribution in [2.45, 2.75) is 131 Å². The van der Waals surface area contributed by atoms with Crippen molar-refractivity contribution >= 4 is 0 Å². The second-order valence-electron chi connectivity index (χ2n) is 14.4. The molecule has 0 amide bonds. The first-order valence-corrected chi connectivity index (χ1v) is 13.8. The lowest BCUT2D eigenvalue weighted by Crippen LogP contribution is -2.58. The molecule has 0 heterocycles. The van der Waals surface area contributed by atoms with Crippen LogP contribution in [0.1, 0.15) is 120 Å². The Kier molecular flexibility index (Phi) is 6.07. The lowest BCUT2D eigenvalue weighted by Gasteiger charge is -2.64. The van der Waals surface area contributed by atoms with Crippen molar-refractivity contribution in [2.24, 2.45) is 45.3 Å². The van der Waals surface area contributed by atoms with Crippen molar-refractivity contribution in [2.75, 3.05) is 0 Å². The number of allylic oxidation sites excluding steroid dienone is 2. The summed E-state index contributed by atoms with van der Waals surface area (Å²) >= 11 is 0. The maximum atomic E-state index is 11.7. The normalized spacial score (nSPS) is 47.3. The predicted octanol–water partition coefficient (Wildman–Crippen LogP) is 7.53. The highest BCUT2D eigenvalue weighted by Crippen LogP contribution is 2.73. The summed E-state index contributed by atoms with van der Waals surface area (Å²) in [5, 5.41) is 22.5. The standard InChI is InChI=1S/C30H52O2/c1-20(2)10-9-16-30(8,32)24-14-19-28(6)22-11-12-23-26(3,4)25(31)15-17-27(23,5)21(22)13-18-29(24,28)7/h13,20,22-25,31-32H,9-12,14-19H2,1-8H3/t22?,23?,24-,25-,27+,28-,29+,30-/m0/s1. The van der Waals surface area contributed by atoms with E-state index >= 15 is 0 Å². The summed E-state index contributed by atoms with van der Waals surface area (Å²) < 4.78 is 0. The molecule has 8 atom stereocenters. The van der Waals surface area contributed by atoms with Gasteiger partial charge in [0.05, 0.1) is 11.7 Å². The Morgan fingerprint density at radius 2 is 1.69 bits per heavy atom. The minimum atomic E-state index is -0.565. The van der Waals surface area contributed by atoms with Crippen molar-refractivity contribution in [1.29, 1.82) is 0 Å². The van der Waals surface area contributed by atoms with Crippen LogP contribution in [0.25, 0.3) is 0 Å². The second kappa shape index (κ2) is 7.84. The second-order valence-corrected chi connectivity index (χ2v) is 14.4. The van der Waals surface area contributed by atoms with E-state index in [-0.39, 0.29) is 27.8 Å². The lowest BCUT2D eigenvalue weighted by atomic mass is 9.41. The highest BCUT2D eigenvalue weighted by Gasteiger charge is 2.66. The summed E-state index contributed by atoms with van der Waals surface area (Å²) in [7, 11) is 0. The molecule has 184 valence electrons. The van der Waals surface area contributed by atoms with E-state index in [9.17, 15) is 10.2 Å². The van der Waals surface area contributed by atoms with Crippen LogP contribution in [0.4, 0.5) is 0 Å². The zero-order chi connectivity index (χ0) is 23.7. The number of aliphatic hydroxyl groups is 2. The van der Waals surface area contributed by atoms with Crippen molar-refractivity contribution in [3.63, 3.8) is 0 Å². The van der Waals surface area contributed by atoms with Crippen molar-refractivity contribution in [3.05, 3.63) is 11.6 Å². The van der Waals surface area contributed by atoms with Crippen molar-refractivity contribution in [1.82, 2.24) is 0 Å². The lowest BCUT2D eigenvalue weighted by molar-refractivity contribution is -0.129. The van der Waals surface area contributed by atoms with Gasteiger partial charge in [-0.05, 0) is 104 Å². The molecule has 3 saturated carbocycles. The molecule has 0 bridgehead atoms. The van der Waals surface area contributed by atoms with Gasteiger partial charge in [0.25, 0.3) is 0 Å². The smallest absolute Gasteiger partial charge is 0.0653 e. The van der Waals surface area contributed by atoms with Crippen LogP contribution in [0, 0.1) is 45.3 Å². The first-order valence-electron chi connectivity index (χ1n) is 13.8. The topological polar surface area (TPSA) is 40.5 Å². The van der Waals surface area contributed by atoms with Gasteiger partial charge < -0.3 is 10.2 Å². The molecule has 2 nitrogen and oxygen atoms in total. The number of rotatable bonds is 5. The third-order valence-electron chi connectivity index (χ3n) is 12.0. The molecule has 0 aliphatic heterocycles. The molecule has 4 aliphatic carbocycles. The minimum Gasteiger partial charge on any atom is -0.393 e. The summed E-state index contributed by atoms with van der Waals surface area (Å²) in [6.07, 6.45) is 13.9. The van der Waals surface area contributed by atoms with Gasteiger partial charge in [-0.2, -0.15) is 0 Å². The Hall–Kier alpha value is -0.340. The average Bonchev–Trinajstić information content (AvgIpc) is 2.97. The first kappa shape index (κ1) is 24.8. The summed E-state index contributed by atoms with van der Waals surface area (Å²) in [5.41, 5.74) is 1.85. The third kappa shape index (κ3) is 3.40. The van der Waals surface area contributed by atoms with E-state index < -0.39 is 5.60 Å². The van der Waals surface area contributed by atoms with Crippen LogP contribution >= 0.6 is 0 Å². The molecule has 2 N–H and O–H groups in total. The first-order chi connectivity index (χ1) is 14.7. The van der Waals surface area contributed by atoms with Crippen LogP contribution in [-0.4, -0.2) is 21.9 Å². The summed E-state index contributed by atoms with van der Waals surface area (Å²) in [4.78, 5) is 0. The number of fused-ring (bicyclic) bond motifs is 5. The Balaban J connectivity index is 1.64.